The SMILES string of the molecule is Cc1cc(C)c(-n2[nH]c(C(C)C)cc2=O)c(C)c1. The van der Waals surface area contributed by atoms with Crippen LogP contribution in [0.5, 0.6) is 0 Å². The van der Waals surface area contributed by atoms with Crippen molar-refractivity contribution in [3.05, 3.63) is 50.9 Å². The summed E-state index contributed by atoms with van der Waals surface area (Å²) >= 11 is 0. The lowest BCUT2D eigenvalue weighted by Crippen LogP contribution is -2.16. The first kappa shape index (κ1) is 12.7. The molecule has 18 heavy (non-hydrogen) atoms. The Morgan fingerprint density at radius 3 is 2.06 bits per heavy atom. The third-order valence-corrected chi connectivity index (χ3v) is 3.22. The molecule has 1 N–H and O–H groups in total. The van der Waals surface area contributed by atoms with Gasteiger partial charge in [0.2, 0.25) is 0 Å². The van der Waals surface area contributed by atoms with Gasteiger partial charge in [0.15, 0.2) is 0 Å². The van der Waals surface area contributed by atoms with Crippen molar-refractivity contribution >= 4 is 0 Å². The smallest absolute Gasteiger partial charge is 0.271 e. The molecule has 2 rings (SSSR count). The molecule has 96 valence electrons. The summed E-state index contributed by atoms with van der Waals surface area (Å²) in [5, 5.41) is 3.20. The number of H-pyrrole nitrogens is 1. The number of hydrogen-bond donors (Lipinski definition) is 1. The van der Waals surface area contributed by atoms with Crippen LogP contribution in [0.15, 0.2) is 23.0 Å². The fourth-order valence-corrected chi connectivity index (χ4v) is 2.40. The maximum absolute atomic E-state index is 12.1. The summed E-state index contributed by atoms with van der Waals surface area (Å²) in [7, 11) is 0. The van der Waals surface area contributed by atoms with Crippen LogP contribution in [0.4, 0.5) is 0 Å². The largest absolute Gasteiger partial charge is 0.295 e. The molecular formula is C15H20N2O. The monoisotopic (exact) mass is 244 g/mol. The molecule has 0 amide bonds. The van der Waals surface area contributed by atoms with E-state index in [1.54, 1.807) is 10.7 Å². The van der Waals surface area contributed by atoms with Crippen LogP contribution in [-0.2, 0) is 0 Å². The minimum absolute atomic E-state index is 0.00810. The highest BCUT2D eigenvalue weighted by atomic mass is 16.1. The van der Waals surface area contributed by atoms with Gasteiger partial charge in [-0.15, -0.1) is 0 Å². The first-order valence-corrected chi connectivity index (χ1v) is 6.30. The van der Waals surface area contributed by atoms with Crippen molar-refractivity contribution in [2.75, 3.05) is 0 Å². The van der Waals surface area contributed by atoms with E-state index in [1.165, 1.54) is 5.56 Å². The van der Waals surface area contributed by atoms with Gasteiger partial charge in [0.1, 0.15) is 0 Å². The van der Waals surface area contributed by atoms with Crippen molar-refractivity contribution in [1.82, 2.24) is 9.78 Å². The Kier molecular flexibility index (Phi) is 3.16. The summed E-state index contributed by atoms with van der Waals surface area (Å²) in [5.41, 5.74) is 5.40. The molecule has 0 saturated carbocycles. The van der Waals surface area contributed by atoms with E-state index in [0.29, 0.717) is 5.92 Å². The van der Waals surface area contributed by atoms with Crippen molar-refractivity contribution in [3.63, 3.8) is 0 Å². The highest BCUT2D eigenvalue weighted by molar-refractivity contribution is 5.48. The standard InChI is InChI=1S/C15H20N2O/c1-9(2)13-8-14(18)17(16-13)15-11(4)6-10(3)7-12(15)5/h6-9,16H,1-5H3. The zero-order valence-electron chi connectivity index (χ0n) is 11.7. The summed E-state index contributed by atoms with van der Waals surface area (Å²) in [6, 6.07) is 5.89. The Hall–Kier alpha value is -1.77. The maximum Gasteiger partial charge on any atom is 0.271 e. The molecule has 0 bridgehead atoms. The molecule has 0 radical (unpaired) electrons. The average Bonchev–Trinajstić information content (AvgIpc) is 2.59. The molecule has 0 aliphatic rings. The zero-order valence-corrected chi connectivity index (χ0v) is 11.7. The number of hydrogen-bond acceptors (Lipinski definition) is 1. The van der Waals surface area contributed by atoms with E-state index in [4.69, 9.17) is 0 Å². The Morgan fingerprint density at radius 1 is 1.06 bits per heavy atom. The highest BCUT2D eigenvalue weighted by Gasteiger charge is 2.12. The van der Waals surface area contributed by atoms with Crippen molar-refractivity contribution in [2.24, 2.45) is 0 Å². The Labute approximate surface area is 107 Å². The molecule has 0 spiro atoms. The van der Waals surface area contributed by atoms with Gasteiger partial charge in [-0.2, -0.15) is 0 Å². The van der Waals surface area contributed by atoms with Crippen molar-refractivity contribution in [2.45, 2.75) is 40.5 Å². The van der Waals surface area contributed by atoms with Crippen LogP contribution in [-0.4, -0.2) is 9.78 Å². The van der Waals surface area contributed by atoms with E-state index < -0.39 is 0 Å². The van der Waals surface area contributed by atoms with Crippen LogP contribution in [0.3, 0.4) is 0 Å². The molecule has 1 aromatic heterocycles. The van der Waals surface area contributed by atoms with Gasteiger partial charge in [0.05, 0.1) is 5.69 Å². The fourth-order valence-electron chi connectivity index (χ4n) is 2.40. The molecule has 0 fully saturated rings. The second-order valence-electron chi connectivity index (χ2n) is 5.29. The first-order chi connectivity index (χ1) is 8.40. The van der Waals surface area contributed by atoms with Gasteiger partial charge in [-0.3, -0.25) is 9.89 Å². The molecule has 2 aromatic rings. The van der Waals surface area contributed by atoms with Gasteiger partial charge >= 0.3 is 0 Å². The third-order valence-electron chi connectivity index (χ3n) is 3.22. The second kappa shape index (κ2) is 4.48. The van der Waals surface area contributed by atoms with Crippen LogP contribution in [0.1, 0.15) is 42.1 Å². The lowest BCUT2D eigenvalue weighted by molar-refractivity contribution is 0.755. The number of nitrogens with zero attached hydrogens (tertiary/aromatic N) is 1. The topological polar surface area (TPSA) is 37.8 Å². The van der Waals surface area contributed by atoms with Crippen molar-refractivity contribution in [3.8, 4) is 5.69 Å². The number of aryl methyl sites for hydroxylation is 3. The lowest BCUT2D eigenvalue weighted by Gasteiger charge is -2.11. The quantitative estimate of drug-likeness (QED) is 0.865. The molecule has 0 aliphatic carbocycles. The van der Waals surface area contributed by atoms with Crippen LogP contribution in [0.25, 0.3) is 5.69 Å². The molecule has 1 aromatic carbocycles. The van der Waals surface area contributed by atoms with Crippen LogP contribution < -0.4 is 5.56 Å². The van der Waals surface area contributed by atoms with E-state index in [9.17, 15) is 4.79 Å². The number of benzene rings is 1. The van der Waals surface area contributed by atoms with Crippen molar-refractivity contribution in [1.29, 1.82) is 0 Å². The zero-order chi connectivity index (χ0) is 13.4. The predicted molar refractivity (Wildman–Crippen MR) is 74.7 cm³/mol. The minimum atomic E-state index is 0.00810. The van der Waals surface area contributed by atoms with Gasteiger partial charge in [0.25, 0.3) is 5.56 Å². The van der Waals surface area contributed by atoms with E-state index in [1.807, 2.05) is 13.8 Å². The average molecular weight is 244 g/mol. The third kappa shape index (κ3) is 2.13. The Bertz CT molecular complexity index is 609. The van der Waals surface area contributed by atoms with Gasteiger partial charge < -0.3 is 0 Å². The van der Waals surface area contributed by atoms with Gasteiger partial charge in [-0.05, 0) is 37.8 Å². The van der Waals surface area contributed by atoms with Crippen LogP contribution in [0, 0.1) is 20.8 Å². The second-order valence-corrected chi connectivity index (χ2v) is 5.29. The molecule has 1 heterocycles. The van der Waals surface area contributed by atoms with E-state index >= 15 is 0 Å². The molecule has 0 unspecified atom stereocenters. The lowest BCUT2D eigenvalue weighted by atomic mass is 10.1. The molecule has 3 heteroatoms. The van der Waals surface area contributed by atoms with Gasteiger partial charge in [-0.25, -0.2) is 4.68 Å². The van der Waals surface area contributed by atoms with Gasteiger partial charge in [-0.1, -0.05) is 31.5 Å². The van der Waals surface area contributed by atoms with Crippen molar-refractivity contribution < 1.29 is 0 Å². The number of rotatable bonds is 2. The molecular weight excluding hydrogens is 224 g/mol. The van der Waals surface area contributed by atoms with E-state index in [2.05, 4.69) is 38.0 Å². The van der Waals surface area contributed by atoms with Gasteiger partial charge in [0, 0.05) is 11.8 Å². The predicted octanol–water partition coefficient (Wildman–Crippen LogP) is 3.21. The summed E-state index contributed by atoms with van der Waals surface area (Å²) in [5.74, 6) is 0.324. The summed E-state index contributed by atoms with van der Waals surface area (Å²) in [6.07, 6.45) is 0. The molecule has 3 nitrogen and oxygen atoms in total. The summed E-state index contributed by atoms with van der Waals surface area (Å²) in [4.78, 5) is 12.1. The molecule has 0 atom stereocenters. The summed E-state index contributed by atoms with van der Waals surface area (Å²) in [6.45, 7) is 10.3. The minimum Gasteiger partial charge on any atom is -0.295 e. The van der Waals surface area contributed by atoms with E-state index in [-0.39, 0.29) is 5.56 Å². The Balaban J connectivity index is 2.66. The first-order valence-electron chi connectivity index (χ1n) is 6.30. The number of aromatic amines is 1. The number of nitrogens with one attached hydrogen (secondary N) is 1. The molecule has 0 saturated heterocycles. The van der Waals surface area contributed by atoms with Crippen LogP contribution in [0.2, 0.25) is 0 Å². The maximum atomic E-state index is 12.1. The summed E-state index contributed by atoms with van der Waals surface area (Å²) < 4.78 is 1.65. The fraction of sp³-hybridized carbons (Fsp3) is 0.400. The normalized spacial score (nSPS) is 11.2. The Morgan fingerprint density at radius 2 is 1.61 bits per heavy atom. The van der Waals surface area contributed by atoms with Crippen LogP contribution >= 0.6 is 0 Å². The highest BCUT2D eigenvalue weighted by Crippen LogP contribution is 2.20. The number of aromatic nitrogens is 2. The van der Waals surface area contributed by atoms with E-state index in [0.717, 1.165) is 22.5 Å². The molecule has 0 aliphatic heterocycles.